The number of hydrogen-bond donors (Lipinski definition) is 2. The van der Waals surface area contributed by atoms with Crippen LogP contribution in [0.15, 0.2) is 4.90 Å². The largest absolute Gasteiger partial charge is 0.340 e. The second kappa shape index (κ2) is 5.76. The first kappa shape index (κ1) is 16.0. The van der Waals surface area contributed by atoms with Crippen LogP contribution >= 0.6 is 0 Å². The van der Waals surface area contributed by atoms with Crippen molar-refractivity contribution < 1.29 is 13.2 Å². The van der Waals surface area contributed by atoms with Gasteiger partial charge >= 0.3 is 0 Å². The van der Waals surface area contributed by atoms with Crippen LogP contribution in [0.1, 0.15) is 55.2 Å². The van der Waals surface area contributed by atoms with E-state index in [0.717, 1.165) is 12.8 Å². The van der Waals surface area contributed by atoms with Gasteiger partial charge in [-0.15, -0.1) is 0 Å². The lowest BCUT2D eigenvalue weighted by Crippen LogP contribution is -2.35. The molecule has 8 heteroatoms. The highest BCUT2D eigenvalue weighted by atomic mass is 32.2. The van der Waals surface area contributed by atoms with Crippen molar-refractivity contribution in [1.29, 1.82) is 0 Å². The molecule has 0 radical (unpaired) electrons. The van der Waals surface area contributed by atoms with E-state index in [1.807, 2.05) is 13.8 Å². The van der Waals surface area contributed by atoms with Gasteiger partial charge in [-0.25, -0.2) is 13.6 Å². The molecule has 118 valence electrons. The zero-order valence-corrected chi connectivity index (χ0v) is 13.4. The zero-order chi connectivity index (χ0) is 15.8. The van der Waals surface area contributed by atoms with Crippen molar-refractivity contribution >= 4 is 15.9 Å². The van der Waals surface area contributed by atoms with Crippen LogP contribution in [0, 0.1) is 5.92 Å². The lowest BCUT2D eigenvalue weighted by atomic mass is 9.85. The first-order valence-corrected chi connectivity index (χ1v) is 8.63. The van der Waals surface area contributed by atoms with Crippen molar-refractivity contribution in [3.05, 3.63) is 11.4 Å². The average molecular weight is 314 g/mol. The molecule has 1 aromatic heterocycles. The van der Waals surface area contributed by atoms with E-state index in [4.69, 9.17) is 5.14 Å². The third-order valence-corrected chi connectivity index (χ3v) is 4.90. The van der Waals surface area contributed by atoms with E-state index < -0.39 is 15.9 Å². The molecule has 0 saturated heterocycles. The highest BCUT2D eigenvalue weighted by Crippen LogP contribution is 2.28. The number of nitrogens with two attached hydrogens (primary N) is 1. The monoisotopic (exact) mass is 314 g/mol. The van der Waals surface area contributed by atoms with Crippen LogP contribution < -0.4 is 5.14 Å². The van der Waals surface area contributed by atoms with Crippen LogP contribution in [0.5, 0.6) is 0 Å². The minimum atomic E-state index is -4.01. The summed E-state index contributed by atoms with van der Waals surface area (Å²) in [5.74, 6) is -0.0289. The molecule has 3 N–H and O–H groups in total. The Balaban J connectivity index is 2.32. The Hall–Kier alpha value is -1.41. The summed E-state index contributed by atoms with van der Waals surface area (Å²) in [5, 5.41) is 11.8. The molecule has 0 aromatic carbocycles. The summed E-state index contributed by atoms with van der Waals surface area (Å²) < 4.78 is 23.6. The first-order valence-electron chi connectivity index (χ1n) is 7.08. The van der Waals surface area contributed by atoms with Crippen LogP contribution in [-0.2, 0) is 10.0 Å². The number of nitrogens with zero attached hydrogens (tertiary/aromatic N) is 2. The molecule has 2 rings (SSSR count). The zero-order valence-electron chi connectivity index (χ0n) is 12.6. The van der Waals surface area contributed by atoms with E-state index in [0.29, 0.717) is 18.2 Å². The Bertz CT molecular complexity index is 632. The Morgan fingerprint density at radius 3 is 2.52 bits per heavy atom. The number of hydrogen-bond acceptors (Lipinski definition) is 4. The molecule has 1 saturated carbocycles. The van der Waals surface area contributed by atoms with Gasteiger partial charge in [-0.3, -0.25) is 9.89 Å². The second-order valence-electron chi connectivity index (χ2n) is 6.00. The number of carbonyl (C=O) groups excluding carboxylic acids is 1. The number of nitrogens with one attached hydrogen (secondary N) is 1. The molecule has 1 fully saturated rings. The van der Waals surface area contributed by atoms with Crippen molar-refractivity contribution in [1.82, 2.24) is 15.1 Å². The minimum Gasteiger partial charge on any atom is -0.340 e. The first-order chi connectivity index (χ1) is 9.71. The summed E-state index contributed by atoms with van der Waals surface area (Å²) in [6, 6.07) is 0. The van der Waals surface area contributed by atoms with Crippen LogP contribution in [-0.4, -0.2) is 43.0 Å². The van der Waals surface area contributed by atoms with Gasteiger partial charge in [-0.1, -0.05) is 20.3 Å². The van der Waals surface area contributed by atoms with E-state index in [2.05, 4.69) is 10.2 Å². The molecule has 1 heterocycles. The van der Waals surface area contributed by atoms with Crippen molar-refractivity contribution in [3.8, 4) is 0 Å². The third-order valence-electron chi connectivity index (χ3n) is 3.92. The van der Waals surface area contributed by atoms with Crippen LogP contribution in [0.2, 0.25) is 0 Å². The molecule has 1 aromatic rings. The van der Waals surface area contributed by atoms with Gasteiger partial charge in [0.25, 0.3) is 5.91 Å². The van der Waals surface area contributed by atoms with Gasteiger partial charge < -0.3 is 4.90 Å². The van der Waals surface area contributed by atoms with E-state index >= 15 is 0 Å². The molecule has 1 aliphatic rings. The fourth-order valence-corrected chi connectivity index (χ4v) is 3.49. The number of H-pyrrole nitrogens is 1. The van der Waals surface area contributed by atoms with Crippen molar-refractivity contribution in [2.24, 2.45) is 11.1 Å². The number of aromatic amines is 1. The summed E-state index contributed by atoms with van der Waals surface area (Å²) in [7, 11) is -2.34. The number of primary sulfonamides is 1. The number of aromatic nitrogens is 2. The topological polar surface area (TPSA) is 109 Å². The Morgan fingerprint density at radius 1 is 1.48 bits per heavy atom. The average Bonchev–Trinajstić information content (AvgIpc) is 2.77. The van der Waals surface area contributed by atoms with Crippen molar-refractivity contribution in [2.45, 2.75) is 43.9 Å². The van der Waals surface area contributed by atoms with E-state index in [-0.39, 0.29) is 16.5 Å². The van der Waals surface area contributed by atoms with Crippen molar-refractivity contribution in [2.75, 3.05) is 13.6 Å². The Kier molecular flexibility index (Phi) is 4.38. The minimum absolute atomic E-state index is 0.108. The lowest BCUT2D eigenvalue weighted by molar-refractivity contribution is 0.0735. The molecule has 0 unspecified atom stereocenters. The summed E-state index contributed by atoms with van der Waals surface area (Å²) in [4.78, 5) is 13.8. The molecular formula is C13H22N4O3S. The SMILES string of the molecule is CC(C)c1[nH]nc(C(=O)N(C)CC2CCC2)c1S(N)(=O)=O. The molecular weight excluding hydrogens is 292 g/mol. The molecule has 0 atom stereocenters. The maximum absolute atomic E-state index is 12.4. The van der Waals surface area contributed by atoms with Crippen LogP contribution in [0.3, 0.4) is 0 Å². The highest BCUT2D eigenvalue weighted by Gasteiger charge is 2.31. The number of amides is 1. The molecule has 0 aliphatic heterocycles. The number of rotatable bonds is 5. The van der Waals surface area contributed by atoms with Gasteiger partial charge in [0, 0.05) is 13.6 Å². The maximum Gasteiger partial charge on any atom is 0.275 e. The Labute approximate surface area is 124 Å². The normalized spacial score (nSPS) is 16.0. The molecule has 1 aliphatic carbocycles. The standard InChI is InChI=1S/C13H22N4O3S/c1-8(2)10-12(21(14,19)20)11(16-15-10)13(18)17(3)7-9-5-4-6-9/h8-9H,4-7H2,1-3H3,(H,15,16)(H2,14,19,20). The van der Waals surface area contributed by atoms with Gasteiger partial charge in [0.15, 0.2) is 5.69 Å². The van der Waals surface area contributed by atoms with Gasteiger partial charge in [0.2, 0.25) is 10.0 Å². The summed E-state index contributed by atoms with van der Waals surface area (Å²) in [6.07, 6.45) is 3.41. The predicted octanol–water partition coefficient (Wildman–Crippen LogP) is 1.05. The van der Waals surface area contributed by atoms with Gasteiger partial charge in [-0.2, -0.15) is 5.10 Å². The van der Waals surface area contributed by atoms with Gasteiger partial charge in [-0.05, 0) is 24.7 Å². The molecule has 0 spiro atoms. The quantitative estimate of drug-likeness (QED) is 0.846. The van der Waals surface area contributed by atoms with Crippen LogP contribution in [0.4, 0.5) is 0 Å². The van der Waals surface area contributed by atoms with Gasteiger partial charge in [0.05, 0.1) is 5.69 Å². The van der Waals surface area contributed by atoms with E-state index in [1.165, 1.54) is 11.3 Å². The number of sulfonamides is 1. The summed E-state index contributed by atoms with van der Waals surface area (Å²) >= 11 is 0. The number of carbonyl (C=O) groups is 1. The third kappa shape index (κ3) is 3.26. The smallest absolute Gasteiger partial charge is 0.275 e. The molecule has 1 amide bonds. The van der Waals surface area contributed by atoms with Crippen LogP contribution in [0.25, 0.3) is 0 Å². The summed E-state index contributed by atoms with van der Waals surface area (Å²) in [5.41, 5.74) is 0.265. The molecule has 0 bridgehead atoms. The summed E-state index contributed by atoms with van der Waals surface area (Å²) in [6.45, 7) is 4.25. The maximum atomic E-state index is 12.4. The second-order valence-corrected chi connectivity index (χ2v) is 7.50. The fraction of sp³-hybridized carbons (Fsp3) is 0.692. The lowest BCUT2D eigenvalue weighted by Gasteiger charge is -2.29. The van der Waals surface area contributed by atoms with E-state index in [9.17, 15) is 13.2 Å². The van der Waals surface area contributed by atoms with E-state index in [1.54, 1.807) is 7.05 Å². The molecule has 7 nitrogen and oxygen atoms in total. The fourth-order valence-electron chi connectivity index (χ4n) is 2.50. The highest BCUT2D eigenvalue weighted by molar-refractivity contribution is 7.89. The Morgan fingerprint density at radius 2 is 2.10 bits per heavy atom. The van der Waals surface area contributed by atoms with Gasteiger partial charge in [0.1, 0.15) is 4.90 Å². The predicted molar refractivity (Wildman–Crippen MR) is 78.4 cm³/mol. The molecule has 21 heavy (non-hydrogen) atoms. The van der Waals surface area contributed by atoms with Crippen molar-refractivity contribution in [3.63, 3.8) is 0 Å².